The first-order valence-corrected chi connectivity index (χ1v) is 12.7. The number of hydrogen-bond donors (Lipinski definition) is 2. The molecule has 0 saturated carbocycles. The van der Waals surface area contributed by atoms with Gasteiger partial charge in [-0.1, -0.05) is 35.3 Å². The largest absolute Gasteiger partial charge is 0.372 e. The minimum absolute atomic E-state index is 0.199. The second-order valence-electron chi connectivity index (χ2n) is 9.17. The minimum atomic E-state index is 0.199. The third kappa shape index (κ3) is 5.01. The van der Waals surface area contributed by atoms with Crippen molar-refractivity contribution in [1.82, 2.24) is 10.6 Å². The topological polar surface area (TPSA) is 42.5 Å². The maximum absolute atomic E-state index is 6.07. The summed E-state index contributed by atoms with van der Waals surface area (Å²) >= 11 is 12.1. The summed E-state index contributed by atoms with van der Waals surface area (Å²) in [5, 5.41) is 8.66. The van der Waals surface area contributed by atoms with Gasteiger partial charge in [0.2, 0.25) is 0 Å². The van der Waals surface area contributed by atoms with E-state index in [0.717, 1.165) is 49.2 Å². The molecule has 172 valence electrons. The van der Waals surface area contributed by atoms with Gasteiger partial charge in [0, 0.05) is 22.1 Å². The Morgan fingerprint density at radius 3 is 1.56 bits per heavy atom. The molecular formula is C26H32Cl2N2O2. The normalized spacial score (nSPS) is 29.1. The minimum Gasteiger partial charge on any atom is -0.372 e. The van der Waals surface area contributed by atoms with Gasteiger partial charge in [-0.2, -0.15) is 0 Å². The summed E-state index contributed by atoms with van der Waals surface area (Å²) in [7, 11) is 0. The molecule has 32 heavy (non-hydrogen) atoms. The van der Waals surface area contributed by atoms with Crippen LogP contribution in [0.2, 0.25) is 10.0 Å². The molecule has 2 saturated heterocycles. The molecule has 0 bridgehead atoms. The van der Waals surface area contributed by atoms with Crippen molar-refractivity contribution in [3.63, 3.8) is 0 Å². The Kier molecular flexibility index (Phi) is 7.37. The van der Waals surface area contributed by atoms with Crippen LogP contribution in [0.15, 0.2) is 36.4 Å². The fraction of sp³-hybridized carbons (Fsp3) is 0.538. The molecule has 4 aliphatic rings. The second-order valence-corrected chi connectivity index (χ2v) is 10.0. The Bertz CT molecular complexity index is 851. The highest BCUT2D eigenvalue weighted by atomic mass is 35.5. The van der Waals surface area contributed by atoms with Crippen molar-refractivity contribution >= 4 is 23.2 Å². The smallest absolute Gasteiger partial charge is 0.0981 e. The van der Waals surface area contributed by atoms with Gasteiger partial charge in [-0.15, -0.1) is 0 Å². The summed E-state index contributed by atoms with van der Waals surface area (Å²) in [4.78, 5) is 0. The zero-order chi connectivity index (χ0) is 21.9. The number of benzene rings is 2. The number of hydrogen-bond acceptors (Lipinski definition) is 4. The van der Waals surface area contributed by atoms with Crippen molar-refractivity contribution in [3.05, 3.63) is 68.7 Å². The highest BCUT2D eigenvalue weighted by Gasteiger charge is 2.31. The molecule has 2 aromatic carbocycles. The number of fused-ring (bicyclic) bond motifs is 2. The average molecular weight is 475 g/mol. The summed E-state index contributed by atoms with van der Waals surface area (Å²) in [6, 6.07) is 13.3. The van der Waals surface area contributed by atoms with E-state index in [-0.39, 0.29) is 12.2 Å². The Balaban J connectivity index is 0.000000135. The molecule has 0 amide bonds. The molecule has 0 spiro atoms. The summed E-state index contributed by atoms with van der Waals surface area (Å²) in [6.45, 7) is 3.88. The van der Waals surface area contributed by atoms with E-state index in [1.807, 2.05) is 12.1 Å². The van der Waals surface area contributed by atoms with E-state index >= 15 is 0 Å². The predicted octanol–water partition coefficient (Wildman–Crippen LogP) is 5.41. The van der Waals surface area contributed by atoms with Gasteiger partial charge in [-0.3, -0.25) is 0 Å². The van der Waals surface area contributed by atoms with Crippen molar-refractivity contribution in [1.29, 1.82) is 0 Å². The van der Waals surface area contributed by atoms with Gasteiger partial charge < -0.3 is 20.1 Å². The zero-order valence-electron chi connectivity index (χ0n) is 18.4. The Labute approximate surface area is 201 Å². The third-order valence-electron chi connectivity index (χ3n) is 7.09. The third-order valence-corrected chi connectivity index (χ3v) is 7.56. The van der Waals surface area contributed by atoms with E-state index in [1.54, 1.807) is 0 Å². The van der Waals surface area contributed by atoms with Crippen LogP contribution in [0, 0.1) is 0 Å². The summed E-state index contributed by atoms with van der Waals surface area (Å²) < 4.78 is 11.8. The molecule has 2 aromatic rings. The quantitative estimate of drug-likeness (QED) is 0.610. The molecule has 0 aliphatic carbocycles. The van der Waals surface area contributed by atoms with E-state index < -0.39 is 0 Å². The number of halogens is 2. The lowest BCUT2D eigenvalue weighted by molar-refractivity contribution is 0.0199. The lowest BCUT2D eigenvalue weighted by atomic mass is 9.92. The van der Waals surface area contributed by atoms with E-state index in [4.69, 9.17) is 32.7 Å². The van der Waals surface area contributed by atoms with E-state index in [1.165, 1.54) is 47.9 Å². The van der Waals surface area contributed by atoms with Crippen LogP contribution < -0.4 is 10.6 Å². The second kappa shape index (κ2) is 10.4. The Morgan fingerprint density at radius 2 is 1.16 bits per heavy atom. The fourth-order valence-corrected chi connectivity index (χ4v) is 5.85. The molecule has 4 atom stereocenters. The van der Waals surface area contributed by atoms with Crippen LogP contribution in [-0.2, 0) is 22.3 Å². The van der Waals surface area contributed by atoms with Gasteiger partial charge in [0.15, 0.2) is 0 Å². The van der Waals surface area contributed by atoms with Crippen LogP contribution in [0.4, 0.5) is 0 Å². The van der Waals surface area contributed by atoms with Crippen molar-refractivity contribution in [2.75, 3.05) is 26.3 Å². The summed E-state index contributed by atoms with van der Waals surface area (Å²) in [5.74, 6) is 0. The Morgan fingerprint density at radius 1 is 0.688 bits per heavy atom. The number of nitrogens with one attached hydrogen (secondary N) is 2. The zero-order valence-corrected chi connectivity index (χ0v) is 19.9. The molecule has 6 rings (SSSR count). The monoisotopic (exact) mass is 474 g/mol. The van der Waals surface area contributed by atoms with Gasteiger partial charge in [0.1, 0.15) is 0 Å². The molecule has 4 nitrogen and oxygen atoms in total. The number of rotatable bonds is 2. The summed E-state index contributed by atoms with van der Waals surface area (Å²) in [6.07, 6.45) is 7.33. The van der Waals surface area contributed by atoms with Crippen molar-refractivity contribution < 1.29 is 9.47 Å². The van der Waals surface area contributed by atoms with Crippen LogP contribution in [0.3, 0.4) is 0 Å². The number of ether oxygens (including phenoxy) is 2. The SMILES string of the molecule is Clc1ccc2c(c1)[C@@H]([C@H]1CCCN1)OCC2.Clc1ccc2c(c1)[C@H]([C@H]1CCCN1)OCC2. The van der Waals surface area contributed by atoms with Gasteiger partial charge >= 0.3 is 0 Å². The van der Waals surface area contributed by atoms with Crippen molar-refractivity contribution in [2.45, 2.75) is 62.8 Å². The molecule has 4 heterocycles. The molecule has 6 heteroatoms. The van der Waals surface area contributed by atoms with Crippen molar-refractivity contribution in [3.8, 4) is 0 Å². The van der Waals surface area contributed by atoms with E-state index in [9.17, 15) is 0 Å². The maximum atomic E-state index is 6.07. The first-order chi connectivity index (χ1) is 15.7. The fourth-order valence-electron chi connectivity index (χ4n) is 5.49. The molecule has 0 radical (unpaired) electrons. The van der Waals surface area contributed by atoms with Crippen molar-refractivity contribution in [2.24, 2.45) is 0 Å². The molecule has 4 aliphatic heterocycles. The predicted molar refractivity (Wildman–Crippen MR) is 130 cm³/mol. The highest BCUT2D eigenvalue weighted by Crippen LogP contribution is 2.35. The molecular weight excluding hydrogens is 443 g/mol. The molecule has 0 unspecified atom stereocenters. The van der Waals surface area contributed by atoms with E-state index in [2.05, 4.69) is 34.9 Å². The lowest BCUT2D eigenvalue weighted by Gasteiger charge is -2.30. The molecule has 2 fully saturated rings. The first kappa shape index (κ1) is 22.6. The highest BCUT2D eigenvalue weighted by molar-refractivity contribution is 6.31. The molecule has 0 aromatic heterocycles. The standard InChI is InChI=1S/2C13H16ClNO/c2*14-10-4-3-9-5-7-16-13(11(9)8-10)12-2-1-6-15-12/h2*3-4,8,12-13,15H,1-2,5-7H2/t12-,13+;12-,13-/m11/s1. The van der Waals surface area contributed by atoms with Gasteiger partial charge in [0.05, 0.1) is 25.4 Å². The maximum Gasteiger partial charge on any atom is 0.0981 e. The van der Waals surface area contributed by atoms with Crippen LogP contribution in [0.1, 0.15) is 60.1 Å². The van der Waals surface area contributed by atoms with E-state index in [0.29, 0.717) is 12.1 Å². The van der Waals surface area contributed by atoms with Crippen LogP contribution in [0.5, 0.6) is 0 Å². The van der Waals surface area contributed by atoms with Crippen LogP contribution in [-0.4, -0.2) is 38.4 Å². The molecule has 2 N–H and O–H groups in total. The lowest BCUT2D eigenvalue weighted by Crippen LogP contribution is -2.33. The average Bonchev–Trinajstić information content (AvgIpc) is 3.53. The first-order valence-electron chi connectivity index (χ1n) is 12.0. The van der Waals surface area contributed by atoms with Gasteiger partial charge in [-0.05, 0) is 98.1 Å². The summed E-state index contributed by atoms with van der Waals surface area (Å²) in [5.41, 5.74) is 5.38. The van der Waals surface area contributed by atoms with Gasteiger partial charge in [0.25, 0.3) is 0 Å². The van der Waals surface area contributed by atoms with Gasteiger partial charge in [-0.25, -0.2) is 0 Å². The Hall–Kier alpha value is -1.14. The van der Waals surface area contributed by atoms with Crippen LogP contribution in [0.25, 0.3) is 0 Å². The van der Waals surface area contributed by atoms with Crippen LogP contribution >= 0.6 is 23.2 Å².